The molecule has 0 bridgehead atoms. The monoisotopic (exact) mass is 291 g/mol. The molecule has 2 heterocycles. The van der Waals surface area contributed by atoms with E-state index in [-0.39, 0.29) is 5.91 Å². The highest BCUT2D eigenvalue weighted by Gasteiger charge is 2.22. The van der Waals surface area contributed by atoms with Crippen LogP contribution in [0.1, 0.15) is 10.4 Å². The maximum atomic E-state index is 12.5. The predicted molar refractivity (Wildman–Crippen MR) is 75.8 cm³/mol. The van der Waals surface area contributed by atoms with Gasteiger partial charge in [-0.15, -0.1) is 0 Å². The Morgan fingerprint density at radius 1 is 1.25 bits per heavy atom. The standard InChI is InChI=1S/C14H14ClN3O2/c15-11-3-1-10(2-4-11)13-12(9-16-17-13)14(19)18-5-7-20-8-6-18/h1-4,9H,5-8H2,(H,16,17). The van der Waals surface area contributed by atoms with Gasteiger partial charge in [0.25, 0.3) is 5.91 Å². The molecule has 1 aliphatic rings. The van der Waals surface area contributed by atoms with E-state index in [0.717, 1.165) is 11.3 Å². The number of hydrogen-bond donors (Lipinski definition) is 1. The van der Waals surface area contributed by atoms with Crippen LogP contribution in [0.25, 0.3) is 11.3 Å². The van der Waals surface area contributed by atoms with Crippen LogP contribution in [-0.4, -0.2) is 47.3 Å². The summed E-state index contributed by atoms with van der Waals surface area (Å²) in [6.07, 6.45) is 1.57. The number of rotatable bonds is 2. The molecule has 0 atom stereocenters. The van der Waals surface area contributed by atoms with Gasteiger partial charge < -0.3 is 9.64 Å². The normalized spacial score (nSPS) is 15.3. The number of nitrogens with zero attached hydrogens (tertiary/aromatic N) is 2. The van der Waals surface area contributed by atoms with E-state index < -0.39 is 0 Å². The Hall–Kier alpha value is -1.85. The molecule has 1 aromatic carbocycles. The first kappa shape index (κ1) is 13.1. The van der Waals surface area contributed by atoms with E-state index in [1.165, 1.54) is 0 Å². The molecule has 3 rings (SSSR count). The van der Waals surface area contributed by atoms with Crippen LogP contribution in [0.2, 0.25) is 5.02 Å². The summed E-state index contributed by atoms with van der Waals surface area (Å²) >= 11 is 5.88. The van der Waals surface area contributed by atoms with Crippen LogP contribution in [0, 0.1) is 0 Å². The lowest BCUT2D eigenvalue weighted by atomic mass is 10.1. The molecule has 0 radical (unpaired) electrons. The number of H-pyrrole nitrogens is 1. The zero-order chi connectivity index (χ0) is 13.9. The van der Waals surface area contributed by atoms with Crippen molar-refractivity contribution in [3.8, 4) is 11.3 Å². The summed E-state index contributed by atoms with van der Waals surface area (Å²) in [6.45, 7) is 2.40. The number of carbonyl (C=O) groups excluding carboxylic acids is 1. The smallest absolute Gasteiger partial charge is 0.257 e. The van der Waals surface area contributed by atoms with Gasteiger partial charge in [0.15, 0.2) is 0 Å². The maximum absolute atomic E-state index is 12.5. The van der Waals surface area contributed by atoms with E-state index in [4.69, 9.17) is 16.3 Å². The van der Waals surface area contributed by atoms with Gasteiger partial charge in [-0.1, -0.05) is 23.7 Å². The first-order valence-corrected chi connectivity index (χ1v) is 6.80. The summed E-state index contributed by atoms with van der Waals surface area (Å²) in [4.78, 5) is 14.3. The van der Waals surface area contributed by atoms with Crippen molar-refractivity contribution in [1.29, 1.82) is 0 Å². The summed E-state index contributed by atoms with van der Waals surface area (Å²) in [5, 5.41) is 7.55. The van der Waals surface area contributed by atoms with Gasteiger partial charge in [0.1, 0.15) is 0 Å². The van der Waals surface area contributed by atoms with Gasteiger partial charge in [0.05, 0.1) is 30.7 Å². The number of aromatic amines is 1. The van der Waals surface area contributed by atoms with Gasteiger partial charge in [-0.25, -0.2) is 0 Å². The molecule has 0 saturated carbocycles. The fourth-order valence-electron chi connectivity index (χ4n) is 2.22. The van der Waals surface area contributed by atoms with Crippen molar-refractivity contribution in [2.45, 2.75) is 0 Å². The van der Waals surface area contributed by atoms with Crippen molar-refractivity contribution in [3.05, 3.63) is 41.0 Å². The van der Waals surface area contributed by atoms with Crippen LogP contribution >= 0.6 is 11.6 Å². The molecule has 1 saturated heterocycles. The van der Waals surface area contributed by atoms with Crippen molar-refractivity contribution in [2.24, 2.45) is 0 Å². The third-order valence-electron chi connectivity index (χ3n) is 3.30. The third kappa shape index (κ3) is 2.55. The Bertz CT molecular complexity index is 603. The minimum atomic E-state index is -0.0213. The molecule has 1 aliphatic heterocycles. The van der Waals surface area contributed by atoms with Gasteiger partial charge >= 0.3 is 0 Å². The number of morpholine rings is 1. The molecule has 0 aliphatic carbocycles. The zero-order valence-corrected chi connectivity index (χ0v) is 11.6. The Labute approximate surface area is 121 Å². The van der Waals surface area contributed by atoms with Crippen LogP contribution in [-0.2, 0) is 4.74 Å². The van der Waals surface area contributed by atoms with Gasteiger partial charge in [0.2, 0.25) is 0 Å². The maximum Gasteiger partial charge on any atom is 0.257 e. The first-order valence-electron chi connectivity index (χ1n) is 6.42. The second-order valence-corrected chi connectivity index (χ2v) is 5.01. The number of nitrogens with one attached hydrogen (secondary N) is 1. The van der Waals surface area contributed by atoms with E-state index >= 15 is 0 Å². The van der Waals surface area contributed by atoms with E-state index in [2.05, 4.69) is 10.2 Å². The summed E-state index contributed by atoms with van der Waals surface area (Å²) in [5.41, 5.74) is 2.19. The highest BCUT2D eigenvalue weighted by atomic mass is 35.5. The average molecular weight is 292 g/mol. The Morgan fingerprint density at radius 3 is 2.65 bits per heavy atom. The highest BCUT2D eigenvalue weighted by Crippen LogP contribution is 2.24. The molecule has 1 amide bonds. The average Bonchev–Trinajstić information content (AvgIpc) is 2.97. The fourth-order valence-corrected chi connectivity index (χ4v) is 2.35. The van der Waals surface area contributed by atoms with Gasteiger partial charge in [0, 0.05) is 23.7 Å². The van der Waals surface area contributed by atoms with Crippen LogP contribution in [0.3, 0.4) is 0 Å². The Balaban J connectivity index is 1.89. The molecule has 5 nitrogen and oxygen atoms in total. The topological polar surface area (TPSA) is 58.2 Å². The number of benzene rings is 1. The molecule has 20 heavy (non-hydrogen) atoms. The summed E-state index contributed by atoms with van der Waals surface area (Å²) < 4.78 is 5.26. The molecule has 1 aromatic heterocycles. The largest absolute Gasteiger partial charge is 0.378 e. The molecular formula is C14H14ClN3O2. The summed E-state index contributed by atoms with van der Waals surface area (Å²) in [6, 6.07) is 7.32. The van der Waals surface area contributed by atoms with E-state index in [0.29, 0.717) is 36.9 Å². The summed E-state index contributed by atoms with van der Waals surface area (Å²) in [5.74, 6) is -0.0213. The van der Waals surface area contributed by atoms with Gasteiger partial charge in [-0.05, 0) is 12.1 Å². The van der Waals surface area contributed by atoms with Crippen molar-refractivity contribution in [3.63, 3.8) is 0 Å². The molecule has 0 spiro atoms. The number of aromatic nitrogens is 2. The number of amides is 1. The first-order chi connectivity index (χ1) is 9.75. The van der Waals surface area contributed by atoms with E-state index in [1.807, 2.05) is 12.1 Å². The van der Waals surface area contributed by atoms with Crippen LogP contribution < -0.4 is 0 Å². The minimum absolute atomic E-state index is 0.0213. The van der Waals surface area contributed by atoms with Crippen LogP contribution in [0.15, 0.2) is 30.5 Å². The van der Waals surface area contributed by atoms with Gasteiger partial charge in [-0.2, -0.15) is 5.10 Å². The van der Waals surface area contributed by atoms with Crippen LogP contribution in [0.5, 0.6) is 0 Å². The van der Waals surface area contributed by atoms with E-state index in [9.17, 15) is 4.79 Å². The Morgan fingerprint density at radius 2 is 1.95 bits per heavy atom. The molecule has 0 unspecified atom stereocenters. The van der Waals surface area contributed by atoms with Gasteiger partial charge in [-0.3, -0.25) is 9.89 Å². The molecule has 1 fully saturated rings. The lowest BCUT2D eigenvalue weighted by molar-refractivity contribution is 0.0303. The third-order valence-corrected chi connectivity index (χ3v) is 3.55. The molecule has 2 aromatic rings. The number of hydrogen-bond acceptors (Lipinski definition) is 3. The summed E-state index contributed by atoms with van der Waals surface area (Å²) in [7, 11) is 0. The van der Waals surface area contributed by atoms with Crippen LogP contribution in [0.4, 0.5) is 0 Å². The Kier molecular flexibility index (Phi) is 3.71. The second kappa shape index (κ2) is 5.64. The number of ether oxygens (including phenoxy) is 1. The van der Waals surface area contributed by atoms with E-state index in [1.54, 1.807) is 23.2 Å². The lowest BCUT2D eigenvalue weighted by Gasteiger charge is -2.26. The number of halogens is 1. The highest BCUT2D eigenvalue weighted by molar-refractivity contribution is 6.30. The molecule has 1 N–H and O–H groups in total. The zero-order valence-electron chi connectivity index (χ0n) is 10.8. The van der Waals surface area contributed by atoms with Crippen molar-refractivity contribution < 1.29 is 9.53 Å². The minimum Gasteiger partial charge on any atom is -0.378 e. The van der Waals surface area contributed by atoms with Crippen molar-refractivity contribution in [1.82, 2.24) is 15.1 Å². The number of carbonyl (C=O) groups is 1. The quantitative estimate of drug-likeness (QED) is 0.923. The SMILES string of the molecule is O=C(c1cn[nH]c1-c1ccc(Cl)cc1)N1CCOCC1. The predicted octanol–water partition coefficient (Wildman–Crippen LogP) is 2.20. The lowest BCUT2D eigenvalue weighted by Crippen LogP contribution is -2.40. The van der Waals surface area contributed by atoms with Crippen molar-refractivity contribution in [2.75, 3.05) is 26.3 Å². The fraction of sp³-hybridized carbons (Fsp3) is 0.286. The second-order valence-electron chi connectivity index (χ2n) is 4.57. The molecule has 104 valence electrons. The molecular weight excluding hydrogens is 278 g/mol. The molecule has 6 heteroatoms. The van der Waals surface area contributed by atoms with Crippen molar-refractivity contribution >= 4 is 17.5 Å².